The van der Waals surface area contributed by atoms with E-state index in [1.165, 1.54) is 21.3 Å². The largest absolute Gasteiger partial charge is 0.493 e. The van der Waals surface area contributed by atoms with E-state index in [1.54, 1.807) is 12.1 Å². The van der Waals surface area contributed by atoms with Gasteiger partial charge in [0.2, 0.25) is 5.75 Å². The molecule has 2 amide bonds. The molecule has 0 fully saturated rings. The number of urea groups is 1. The molecule has 0 aliphatic heterocycles. The highest BCUT2D eigenvalue weighted by Gasteiger charge is 2.14. The third kappa shape index (κ3) is 3.19. The summed E-state index contributed by atoms with van der Waals surface area (Å²) < 4.78 is 15.6. The van der Waals surface area contributed by atoms with Crippen LogP contribution in [0.4, 0.5) is 10.5 Å². The Bertz CT molecular complexity index is 396. The van der Waals surface area contributed by atoms with Gasteiger partial charge in [0.15, 0.2) is 11.5 Å². The van der Waals surface area contributed by atoms with Crippen LogP contribution in [0.5, 0.6) is 17.2 Å². The Morgan fingerprint density at radius 1 is 1.11 bits per heavy atom. The lowest BCUT2D eigenvalue weighted by Gasteiger charge is -2.14. The van der Waals surface area contributed by atoms with E-state index < -0.39 is 0 Å². The molecule has 1 aromatic carbocycles. The summed E-state index contributed by atoms with van der Waals surface area (Å²) in [5.41, 5.74) is 0.565. The minimum atomic E-state index is -0.285. The molecule has 0 radical (unpaired) electrons. The smallest absolute Gasteiger partial charge is 0.319 e. The van der Waals surface area contributed by atoms with Crippen molar-refractivity contribution in [2.75, 3.05) is 33.2 Å². The molecular weight excluding hydrogens is 236 g/mol. The zero-order chi connectivity index (χ0) is 13.5. The van der Waals surface area contributed by atoms with E-state index in [4.69, 9.17) is 14.2 Å². The molecule has 18 heavy (non-hydrogen) atoms. The Morgan fingerprint density at radius 3 is 2.06 bits per heavy atom. The normalized spacial score (nSPS) is 9.56. The van der Waals surface area contributed by atoms with Crippen LogP contribution in [0.3, 0.4) is 0 Å². The fourth-order valence-corrected chi connectivity index (χ4v) is 1.49. The summed E-state index contributed by atoms with van der Waals surface area (Å²) >= 11 is 0. The van der Waals surface area contributed by atoms with E-state index in [0.717, 1.165) is 0 Å². The second-order valence-corrected chi connectivity index (χ2v) is 3.40. The van der Waals surface area contributed by atoms with Crippen LogP contribution in [0.1, 0.15) is 6.92 Å². The molecule has 6 nitrogen and oxygen atoms in total. The minimum Gasteiger partial charge on any atom is -0.493 e. The van der Waals surface area contributed by atoms with Crippen molar-refractivity contribution in [2.45, 2.75) is 6.92 Å². The van der Waals surface area contributed by atoms with Crippen molar-refractivity contribution in [3.05, 3.63) is 12.1 Å². The molecular formula is C12H18N2O4. The van der Waals surface area contributed by atoms with Crippen LogP contribution in [0.2, 0.25) is 0 Å². The average molecular weight is 254 g/mol. The predicted molar refractivity (Wildman–Crippen MR) is 68.8 cm³/mol. The van der Waals surface area contributed by atoms with Gasteiger partial charge in [-0.1, -0.05) is 0 Å². The van der Waals surface area contributed by atoms with Gasteiger partial charge in [0.1, 0.15) is 0 Å². The molecule has 0 saturated carbocycles. The summed E-state index contributed by atoms with van der Waals surface area (Å²) in [6, 6.07) is 3.04. The monoisotopic (exact) mass is 254 g/mol. The SMILES string of the molecule is CCNC(=O)Nc1cc(OC)c(OC)c(OC)c1. The molecule has 100 valence electrons. The summed E-state index contributed by atoms with van der Waals surface area (Å²) in [7, 11) is 4.57. The molecule has 0 unspecified atom stereocenters. The first kappa shape index (κ1) is 14.0. The lowest BCUT2D eigenvalue weighted by atomic mass is 10.2. The lowest BCUT2D eigenvalue weighted by molar-refractivity contribution is 0.252. The van der Waals surface area contributed by atoms with E-state index in [-0.39, 0.29) is 6.03 Å². The van der Waals surface area contributed by atoms with Gasteiger partial charge in [-0.25, -0.2) is 4.79 Å². The maximum atomic E-state index is 11.4. The third-order valence-electron chi connectivity index (χ3n) is 2.26. The molecule has 1 aromatic rings. The van der Waals surface area contributed by atoms with Crippen molar-refractivity contribution in [3.63, 3.8) is 0 Å². The highest BCUT2D eigenvalue weighted by atomic mass is 16.5. The number of rotatable bonds is 5. The van der Waals surface area contributed by atoms with Crippen LogP contribution in [-0.4, -0.2) is 33.9 Å². The Labute approximate surface area is 106 Å². The van der Waals surface area contributed by atoms with Gasteiger partial charge in [-0.2, -0.15) is 0 Å². The number of hydrogen-bond donors (Lipinski definition) is 2. The second-order valence-electron chi connectivity index (χ2n) is 3.40. The van der Waals surface area contributed by atoms with Crippen molar-refractivity contribution in [1.82, 2.24) is 5.32 Å². The number of ether oxygens (including phenoxy) is 3. The maximum absolute atomic E-state index is 11.4. The van der Waals surface area contributed by atoms with Gasteiger partial charge in [-0.05, 0) is 6.92 Å². The zero-order valence-corrected chi connectivity index (χ0v) is 11.0. The van der Waals surface area contributed by atoms with E-state index in [2.05, 4.69) is 10.6 Å². The van der Waals surface area contributed by atoms with Crippen molar-refractivity contribution in [2.24, 2.45) is 0 Å². The van der Waals surface area contributed by atoms with Crippen LogP contribution in [0.15, 0.2) is 12.1 Å². The van der Waals surface area contributed by atoms with Gasteiger partial charge in [-0.15, -0.1) is 0 Å². The fraction of sp³-hybridized carbons (Fsp3) is 0.417. The lowest BCUT2D eigenvalue weighted by Crippen LogP contribution is -2.28. The molecule has 0 aliphatic carbocycles. The van der Waals surface area contributed by atoms with Crippen molar-refractivity contribution >= 4 is 11.7 Å². The zero-order valence-electron chi connectivity index (χ0n) is 11.0. The molecule has 0 bridgehead atoms. The minimum absolute atomic E-state index is 0.285. The molecule has 0 heterocycles. The number of carbonyl (C=O) groups is 1. The highest BCUT2D eigenvalue weighted by molar-refractivity contribution is 5.90. The summed E-state index contributed by atoms with van der Waals surface area (Å²) in [6.45, 7) is 2.39. The topological polar surface area (TPSA) is 68.8 Å². The van der Waals surface area contributed by atoms with Crippen LogP contribution < -0.4 is 24.8 Å². The number of methoxy groups -OCH3 is 3. The number of amides is 2. The Kier molecular flexibility index (Phi) is 5.10. The molecule has 0 aromatic heterocycles. The van der Waals surface area contributed by atoms with Gasteiger partial charge in [0, 0.05) is 18.7 Å². The third-order valence-corrected chi connectivity index (χ3v) is 2.26. The van der Waals surface area contributed by atoms with E-state index in [9.17, 15) is 4.79 Å². The molecule has 0 spiro atoms. The fourth-order valence-electron chi connectivity index (χ4n) is 1.49. The van der Waals surface area contributed by atoms with E-state index in [0.29, 0.717) is 29.5 Å². The molecule has 0 atom stereocenters. The number of nitrogens with one attached hydrogen (secondary N) is 2. The summed E-state index contributed by atoms with van der Waals surface area (Å²) in [4.78, 5) is 11.4. The number of benzene rings is 1. The number of hydrogen-bond acceptors (Lipinski definition) is 4. The van der Waals surface area contributed by atoms with E-state index >= 15 is 0 Å². The first-order valence-corrected chi connectivity index (χ1v) is 5.51. The summed E-state index contributed by atoms with van der Waals surface area (Å²) in [5, 5.41) is 5.31. The second kappa shape index (κ2) is 6.58. The van der Waals surface area contributed by atoms with Gasteiger partial charge in [0.25, 0.3) is 0 Å². The van der Waals surface area contributed by atoms with Gasteiger partial charge in [-0.3, -0.25) is 0 Å². The molecule has 1 rings (SSSR count). The van der Waals surface area contributed by atoms with Gasteiger partial charge >= 0.3 is 6.03 Å². The first-order valence-electron chi connectivity index (χ1n) is 5.51. The Morgan fingerprint density at radius 2 is 1.67 bits per heavy atom. The van der Waals surface area contributed by atoms with Crippen molar-refractivity contribution in [1.29, 1.82) is 0 Å². The van der Waals surface area contributed by atoms with Gasteiger partial charge < -0.3 is 24.8 Å². The standard InChI is InChI=1S/C12H18N2O4/c1-5-13-12(15)14-8-6-9(16-2)11(18-4)10(7-8)17-3/h6-7H,5H2,1-4H3,(H2,13,14,15). The van der Waals surface area contributed by atoms with Crippen molar-refractivity contribution < 1.29 is 19.0 Å². The highest BCUT2D eigenvalue weighted by Crippen LogP contribution is 2.39. The number of carbonyl (C=O) groups excluding carboxylic acids is 1. The van der Waals surface area contributed by atoms with E-state index in [1.807, 2.05) is 6.92 Å². The quantitative estimate of drug-likeness (QED) is 0.841. The van der Waals surface area contributed by atoms with Crippen LogP contribution >= 0.6 is 0 Å². The molecule has 0 saturated heterocycles. The predicted octanol–water partition coefficient (Wildman–Crippen LogP) is 1.85. The van der Waals surface area contributed by atoms with Crippen LogP contribution in [0, 0.1) is 0 Å². The number of anilines is 1. The molecule has 6 heteroatoms. The average Bonchev–Trinajstić information content (AvgIpc) is 2.37. The molecule has 2 N–H and O–H groups in total. The van der Waals surface area contributed by atoms with Crippen LogP contribution in [-0.2, 0) is 0 Å². The summed E-state index contributed by atoms with van der Waals surface area (Å²) in [6.07, 6.45) is 0. The Hall–Kier alpha value is -2.11. The maximum Gasteiger partial charge on any atom is 0.319 e. The van der Waals surface area contributed by atoms with Crippen LogP contribution in [0.25, 0.3) is 0 Å². The summed E-state index contributed by atoms with van der Waals surface area (Å²) in [5.74, 6) is 1.47. The first-order chi connectivity index (χ1) is 8.65. The molecule has 0 aliphatic rings. The van der Waals surface area contributed by atoms with Gasteiger partial charge in [0.05, 0.1) is 27.0 Å². The Balaban J connectivity index is 3.03. The van der Waals surface area contributed by atoms with Crippen molar-refractivity contribution in [3.8, 4) is 17.2 Å².